The van der Waals surface area contributed by atoms with Crippen LogP contribution >= 0.6 is 0 Å². The largest absolute Gasteiger partial charge is 0.487 e. The number of hydrogen-bond donors (Lipinski definition) is 3. The first kappa shape index (κ1) is 24.7. The molecule has 2 aromatic carbocycles. The predicted molar refractivity (Wildman–Crippen MR) is 121 cm³/mol. The molecular weight excluding hydrogens is 451 g/mol. The molecule has 1 fully saturated rings. The molecule has 0 saturated heterocycles. The summed E-state index contributed by atoms with van der Waals surface area (Å²) in [5.41, 5.74) is -0.0612. The van der Waals surface area contributed by atoms with Gasteiger partial charge in [-0.05, 0) is 68.3 Å². The van der Waals surface area contributed by atoms with E-state index in [0.29, 0.717) is 17.8 Å². The molecule has 2 aromatic rings. The average molecular weight is 475 g/mol. The summed E-state index contributed by atoms with van der Waals surface area (Å²) in [5.74, 6) is 4.85. The van der Waals surface area contributed by atoms with Crippen LogP contribution in [0.3, 0.4) is 0 Å². The standard InChI is InChI=1S/C23H24F3N5O3/c1-2-28-21(32)14-3-7-16(8-4-14)29-19(20(31-27)22(33)30-17-9-10-17)13-34-18-11-5-15(6-12-18)23(24,25)26/h3-8,11-12,17H,2,9-10,13,27H2,1H3,(H,28,32)(H,30,33). The lowest BCUT2D eigenvalue weighted by atomic mass is 10.1. The number of amides is 2. The average Bonchev–Trinajstić information content (AvgIpc) is 3.62. The number of rotatable bonds is 9. The highest BCUT2D eigenvalue weighted by Gasteiger charge is 2.30. The van der Waals surface area contributed by atoms with E-state index >= 15 is 0 Å². The number of nitrogens with two attached hydrogens (primary N) is 1. The zero-order valence-corrected chi connectivity index (χ0v) is 18.4. The molecule has 0 heterocycles. The molecule has 2 amide bonds. The van der Waals surface area contributed by atoms with Crippen LogP contribution in [0.15, 0.2) is 58.6 Å². The quantitative estimate of drug-likeness (QED) is 0.293. The van der Waals surface area contributed by atoms with E-state index in [2.05, 4.69) is 20.7 Å². The van der Waals surface area contributed by atoms with E-state index < -0.39 is 17.6 Å². The van der Waals surface area contributed by atoms with Gasteiger partial charge in [-0.2, -0.15) is 18.3 Å². The summed E-state index contributed by atoms with van der Waals surface area (Å²) >= 11 is 0. The first-order chi connectivity index (χ1) is 16.2. The van der Waals surface area contributed by atoms with Gasteiger partial charge in [0.15, 0.2) is 5.71 Å². The number of ether oxygens (including phenoxy) is 1. The highest BCUT2D eigenvalue weighted by molar-refractivity contribution is 6.67. The lowest BCUT2D eigenvalue weighted by Crippen LogP contribution is -2.39. The van der Waals surface area contributed by atoms with Gasteiger partial charge in [0.1, 0.15) is 18.1 Å². The van der Waals surface area contributed by atoms with Gasteiger partial charge in [0, 0.05) is 18.2 Å². The van der Waals surface area contributed by atoms with E-state index in [1.54, 1.807) is 31.2 Å². The third-order valence-corrected chi connectivity index (χ3v) is 4.82. The van der Waals surface area contributed by atoms with E-state index in [1.807, 2.05) is 0 Å². The minimum atomic E-state index is -4.47. The molecule has 0 atom stereocenters. The number of halogens is 3. The van der Waals surface area contributed by atoms with Crippen LogP contribution in [0.4, 0.5) is 18.9 Å². The molecule has 0 aromatic heterocycles. The molecule has 1 saturated carbocycles. The van der Waals surface area contributed by atoms with Crippen LogP contribution in [0, 0.1) is 0 Å². The Hall–Kier alpha value is -3.89. The molecular formula is C23H24F3N5O3. The van der Waals surface area contributed by atoms with Crippen LogP contribution in [0.1, 0.15) is 35.7 Å². The maximum Gasteiger partial charge on any atom is 0.416 e. The van der Waals surface area contributed by atoms with E-state index in [1.165, 1.54) is 12.1 Å². The maximum atomic E-state index is 12.8. The van der Waals surface area contributed by atoms with E-state index in [-0.39, 0.29) is 35.7 Å². The molecule has 0 unspecified atom stereocenters. The molecule has 4 N–H and O–H groups in total. The van der Waals surface area contributed by atoms with Crippen LogP contribution in [0.25, 0.3) is 0 Å². The minimum absolute atomic E-state index is 0.0395. The van der Waals surface area contributed by atoms with Gasteiger partial charge < -0.3 is 21.2 Å². The first-order valence-electron chi connectivity index (χ1n) is 10.6. The highest BCUT2D eigenvalue weighted by Crippen LogP contribution is 2.30. The number of nitrogens with one attached hydrogen (secondary N) is 2. The summed E-state index contributed by atoms with van der Waals surface area (Å²) in [6, 6.07) is 10.5. The van der Waals surface area contributed by atoms with Crippen molar-refractivity contribution < 1.29 is 27.5 Å². The minimum Gasteiger partial charge on any atom is -0.487 e. The van der Waals surface area contributed by atoms with Gasteiger partial charge >= 0.3 is 6.18 Å². The lowest BCUT2D eigenvalue weighted by Gasteiger charge is -2.12. The van der Waals surface area contributed by atoms with Gasteiger partial charge in [0.2, 0.25) is 0 Å². The number of carbonyl (C=O) groups excluding carboxylic acids is 2. The Balaban J connectivity index is 1.82. The fourth-order valence-corrected chi connectivity index (χ4v) is 2.90. The molecule has 1 aliphatic carbocycles. The summed E-state index contributed by atoms with van der Waals surface area (Å²) < 4.78 is 43.9. The van der Waals surface area contributed by atoms with Gasteiger partial charge in [-0.3, -0.25) is 9.59 Å². The van der Waals surface area contributed by atoms with Crippen LogP contribution < -0.4 is 21.2 Å². The van der Waals surface area contributed by atoms with Crippen molar-refractivity contribution >= 4 is 28.9 Å². The number of nitrogens with zero attached hydrogens (tertiary/aromatic N) is 2. The van der Waals surface area contributed by atoms with Crippen molar-refractivity contribution in [3.63, 3.8) is 0 Å². The van der Waals surface area contributed by atoms with E-state index in [9.17, 15) is 22.8 Å². The molecule has 34 heavy (non-hydrogen) atoms. The van der Waals surface area contributed by atoms with Gasteiger partial charge in [-0.15, -0.1) is 0 Å². The number of hydrazone groups is 1. The molecule has 0 bridgehead atoms. The number of carbonyl (C=O) groups is 2. The fourth-order valence-electron chi connectivity index (χ4n) is 2.90. The van der Waals surface area contributed by atoms with Crippen molar-refractivity contribution in [2.75, 3.05) is 13.2 Å². The van der Waals surface area contributed by atoms with Crippen molar-refractivity contribution in [3.8, 4) is 5.75 Å². The number of hydrogen-bond acceptors (Lipinski definition) is 6. The Bertz CT molecular complexity index is 1080. The topological polar surface area (TPSA) is 118 Å². The normalized spacial score (nSPS) is 14.5. The van der Waals surface area contributed by atoms with Crippen molar-refractivity contribution in [1.82, 2.24) is 10.6 Å². The van der Waals surface area contributed by atoms with Crippen LogP contribution in [-0.4, -0.2) is 42.4 Å². The first-order valence-corrected chi connectivity index (χ1v) is 10.6. The zero-order chi connectivity index (χ0) is 24.7. The van der Waals surface area contributed by atoms with Gasteiger partial charge in [0.25, 0.3) is 11.8 Å². The summed E-state index contributed by atoms with van der Waals surface area (Å²) in [6.45, 7) is 2.01. The Morgan fingerprint density at radius 3 is 2.26 bits per heavy atom. The van der Waals surface area contributed by atoms with Crippen molar-refractivity contribution in [1.29, 1.82) is 0 Å². The number of alkyl halides is 3. The third kappa shape index (κ3) is 6.80. The zero-order valence-electron chi connectivity index (χ0n) is 18.4. The lowest BCUT2D eigenvalue weighted by molar-refractivity contribution is -0.137. The summed E-state index contributed by atoms with van der Waals surface area (Å²) in [6.07, 6.45) is -2.77. The van der Waals surface area contributed by atoms with Crippen LogP contribution in [0.2, 0.25) is 0 Å². The van der Waals surface area contributed by atoms with Crippen LogP contribution in [0.5, 0.6) is 5.75 Å². The summed E-state index contributed by atoms with van der Waals surface area (Å²) in [5, 5.41) is 9.03. The second-order valence-corrected chi connectivity index (χ2v) is 7.50. The summed E-state index contributed by atoms with van der Waals surface area (Å²) in [7, 11) is 0. The monoisotopic (exact) mass is 475 g/mol. The number of benzene rings is 2. The smallest absolute Gasteiger partial charge is 0.416 e. The predicted octanol–water partition coefficient (Wildman–Crippen LogP) is 3.20. The van der Waals surface area contributed by atoms with Gasteiger partial charge in [0.05, 0.1) is 11.3 Å². The maximum absolute atomic E-state index is 12.8. The molecule has 0 spiro atoms. The molecule has 180 valence electrons. The van der Waals surface area contributed by atoms with Crippen molar-refractivity contribution in [2.24, 2.45) is 15.9 Å². The molecule has 3 rings (SSSR count). The Morgan fingerprint density at radius 1 is 1.09 bits per heavy atom. The third-order valence-electron chi connectivity index (χ3n) is 4.82. The van der Waals surface area contributed by atoms with Gasteiger partial charge in [-0.1, -0.05) is 0 Å². The van der Waals surface area contributed by atoms with Crippen molar-refractivity contribution in [3.05, 3.63) is 59.7 Å². The Labute approximate surface area is 194 Å². The van der Waals surface area contributed by atoms with Crippen LogP contribution in [-0.2, 0) is 11.0 Å². The molecule has 1 aliphatic rings. The fraction of sp³-hybridized carbons (Fsp3) is 0.304. The van der Waals surface area contributed by atoms with E-state index in [4.69, 9.17) is 10.6 Å². The van der Waals surface area contributed by atoms with E-state index in [0.717, 1.165) is 25.0 Å². The molecule has 0 aliphatic heterocycles. The highest BCUT2D eigenvalue weighted by atomic mass is 19.4. The SMILES string of the molecule is CCNC(=O)c1ccc(N=C(COc2ccc(C(F)(F)F)cc2)C(=NN)C(=O)NC2CC2)cc1. The Morgan fingerprint density at radius 2 is 1.74 bits per heavy atom. The number of aliphatic imine (C=N–C) groups is 1. The molecule has 11 heteroatoms. The molecule has 0 radical (unpaired) electrons. The second kappa shape index (κ2) is 10.8. The van der Waals surface area contributed by atoms with Gasteiger partial charge in [-0.25, -0.2) is 4.99 Å². The summed E-state index contributed by atoms with van der Waals surface area (Å²) in [4.78, 5) is 29.0. The molecule has 8 nitrogen and oxygen atoms in total. The van der Waals surface area contributed by atoms with Crippen molar-refractivity contribution in [2.45, 2.75) is 32.0 Å². The second-order valence-electron chi connectivity index (χ2n) is 7.50. The Kier molecular flexibility index (Phi) is 7.87.